The number of pyridine rings is 1. The zero-order valence-electron chi connectivity index (χ0n) is 10.9. The number of rotatable bonds is 8. The number of anilines is 1. The molecule has 1 aromatic rings. The summed E-state index contributed by atoms with van der Waals surface area (Å²) in [5.41, 5.74) is 0.910. The van der Waals surface area contributed by atoms with Crippen molar-refractivity contribution in [3.63, 3.8) is 0 Å². The van der Waals surface area contributed by atoms with Gasteiger partial charge in [0, 0.05) is 18.9 Å². The third kappa shape index (κ3) is 5.46. The van der Waals surface area contributed by atoms with Crippen molar-refractivity contribution in [2.45, 2.75) is 26.0 Å². The number of hydrogen-bond donors (Lipinski definition) is 2. The van der Waals surface area contributed by atoms with Gasteiger partial charge in [0.1, 0.15) is 5.82 Å². The van der Waals surface area contributed by atoms with E-state index in [0.717, 1.165) is 36.0 Å². The van der Waals surface area contributed by atoms with Crippen LogP contribution in [0.15, 0.2) is 12.1 Å². The Kier molecular flexibility index (Phi) is 7.47. The number of aromatic nitrogens is 1. The second kappa shape index (κ2) is 8.62. The van der Waals surface area contributed by atoms with Gasteiger partial charge in [-0.15, -0.1) is 0 Å². The van der Waals surface area contributed by atoms with Crippen LogP contribution in [0.1, 0.15) is 26.0 Å². The quantitative estimate of drug-likeness (QED) is 0.769. The summed E-state index contributed by atoms with van der Waals surface area (Å²) in [6.45, 7) is 5.30. The van der Waals surface area contributed by atoms with E-state index in [-0.39, 0.29) is 6.61 Å². The van der Waals surface area contributed by atoms with Gasteiger partial charge in [-0.25, -0.2) is 4.98 Å². The molecule has 1 unspecified atom stereocenters. The molecule has 0 aliphatic rings. The van der Waals surface area contributed by atoms with Crippen molar-refractivity contribution in [1.29, 1.82) is 0 Å². The van der Waals surface area contributed by atoms with Crippen LogP contribution in [0.4, 0.5) is 5.82 Å². The summed E-state index contributed by atoms with van der Waals surface area (Å²) in [4.78, 5) is 4.51. The number of halogens is 1. The highest BCUT2D eigenvalue weighted by molar-refractivity contribution is 7.98. The summed E-state index contributed by atoms with van der Waals surface area (Å²) in [5, 5.41) is 12.9. The van der Waals surface area contributed by atoms with Gasteiger partial charge in [0.05, 0.1) is 10.7 Å². The Morgan fingerprint density at radius 1 is 1.50 bits per heavy atom. The fraction of sp³-hybridized carbons (Fsp3) is 0.615. The predicted molar refractivity (Wildman–Crippen MR) is 80.4 cm³/mol. The minimum Gasteiger partial charge on any atom is -0.396 e. The van der Waals surface area contributed by atoms with Gasteiger partial charge in [-0.1, -0.05) is 25.4 Å². The van der Waals surface area contributed by atoms with Crippen LogP contribution >= 0.6 is 23.4 Å². The molecule has 1 heterocycles. The fourth-order valence-corrected chi connectivity index (χ4v) is 2.64. The van der Waals surface area contributed by atoms with Crippen LogP contribution in [-0.2, 0) is 5.75 Å². The number of nitrogens with zero attached hydrogens (tertiary/aromatic N) is 1. The maximum Gasteiger partial charge on any atom is 0.126 e. The van der Waals surface area contributed by atoms with E-state index in [1.165, 1.54) is 0 Å². The number of nitrogens with one attached hydrogen (secondary N) is 1. The van der Waals surface area contributed by atoms with Gasteiger partial charge < -0.3 is 10.4 Å². The standard InChI is InChI=1S/C13H21ClN2OS/c1-3-6-15-13-5-4-11(14)12(16-13)9-18-8-10(2)7-17/h4-5,10,17H,3,6-9H2,1-2H3,(H,15,16). The van der Waals surface area contributed by atoms with Crippen molar-refractivity contribution in [3.8, 4) is 0 Å². The summed E-state index contributed by atoms with van der Waals surface area (Å²) >= 11 is 7.88. The van der Waals surface area contributed by atoms with Gasteiger partial charge in [-0.3, -0.25) is 0 Å². The molecule has 0 saturated carbocycles. The number of hydrogen-bond acceptors (Lipinski definition) is 4. The smallest absolute Gasteiger partial charge is 0.126 e. The van der Waals surface area contributed by atoms with Crippen LogP contribution in [0.5, 0.6) is 0 Å². The van der Waals surface area contributed by atoms with Crippen molar-refractivity contribution in [2.75, 3.05) is 24.2 Å². The van der Waals surface area contributed by atoms with E-state index >= 15 is 0 Å². The normalized spacial score (nSPS) is 12.4. The van der Waals surface area contributed by atoms with Gasteiger partial charge >= 0.3 is 0 Å². The molecule has 1 aromatic heterocycles. The first-order valence-corrected chi connectivity index (χ1v) is 7.78. The summed E-state index contributed by atoms with van der Waals surface area (Å²) in [5.74, 6) is 2.90. The molecular formula is C13H21ClN2OS. The van der Waals surface area contributed by atoms with Crippen molar-refractivity contribution in [2.24, 2.45) is 5.92 Å². The van der Waals surface area contributed by atoms with E-state index in [4.69, 9.17) is 16.7 Å². The Balaban J connectivity index is 2.52. The van der Waals surface area contributed by atoms with E-state index in [1.807, 2.05) is 19.1 Å². The molecule has 0 saturated heterocycles. The Morgan fingerprint density at radius 2 is 2.28 bits per heavy atom. The second-order valence-corrected chi connectivity index (χ2v) is 5.79. The molecule has 1 rings (SSSR count). The van der Waals surface area contributed by atoms with E-state index in [2.05, 4.69) is 17.2 Å². The van der Waals surface area contributed by atoms with Crippen LogP contribution in [0.2, 0.25) is 5.02 Å². The van der Waals surface area contributed by atoms with Crippen molar-refractivity contribution < 1.29 is 5.11 Å². The Bertz CT molecular complexity index is 363. The van der Waals surface area contributed by atoms with Gasteiger partial charge in [0.25, 0.3) is 0 Å². The lowest BCUT2D eigenvalue weighted by molar-refractivity contribution is 0.250. The highest BCUT2D eigenvalue weighted by Gasteiger charge is 2.06. The Morgan fingerprint density at radius 3 is 2.94 bits per heavy atom. The van der Waals surface area contributed by atoms with E-state index in [1.54, 1.807) is 11.8 Å². The summed E-state index contributed by atoms with van der Waals surface area (Å²) in [6.07, 6.45) is 1.07. The molecular weight excluding hydrogens is 268 g/mol. The molecule has 0 aliphatic carbocycles. The van der Waals surface area contributed by atoms with Crippen molar-refractivity contribution in [1.82, 2.24) is 4.98 Å². The highest BCUT2D eigenvalue weighted by Crippen LogP contribution is 2.22. The molecule has 0 bridgehead atoms. The van der Waals surface area contributed by atoms with Crippen LogP contribution in [0, 0.1) is 5.92 Å². The van der Waals surface area contributed by atoms with Crippen molar-refractivity contribution >= 4 is 29.2 Å². The summed E-state index contributed by atoms with van der Waals surface area (Å²) in [7, 11) is 0. The molecule has 3 nitrogen and oxygen atoms in total. The minimum atomic E-state index is 0.228. The average Bonchev–Trinajstić information content (AvgIpc) is 2.39. The van der Waals surface area contributed by atoms with E-state index in [0.29, 0.717) is 10.9 Å². The van der Waals surface area contributed by atoms with Gasteiger partial charge in [-0.2, -0.15) is 11.8 Å². The Hall–Kier alpha value is -0.450. The first-order valence-electron chi connectivity index (χ1n) is 6.25. The van der Waals surface area contributed by atoms with Crippen LogP contribution < -0.4 is 5.32 Å². The van der Waals surface area contributed by atoms with E-state index < -0.39 is 0 Å². The second-order valence-electron chi connectivity index (χ2n) is 4.35. The summed E-state index contributed by atoms with van der Waals surface area (Å²) in [6, 6.07) is 3.79. The zero-order valence-corrected chi connectivity index (χ0v) is 12.5. The number of aliphatic hydroxyl groups excluding tert-OH is 1. The maximum atomic E-state index is 8.96. The number of thioether (sulfide) groups is 1. The first kappa shape index (κ1) is 15.6. The lowest BCUT2D eigenvalue weighted by Gasteiger charge is -2.10. The van der Waals surface area contributed by atoms with Crippen LogP contribution in [0.3, 0.4) is 0 Å². The molecule has 18 heavy (non-hydrogen) atoms. The minimum absolute atomic E-state index is 0.228. The molecule has 0 amide bonds. The molecule has 5 heteroatoms. The highest BCUT2D eigenvalue weighted by atomic mass is 35.5. The van der Waals surface area contributed by atoms with Gasteiger partial charge in [0.15, 0.2) is 0 Å². The SMILES string of the molecule is CCCNc1ccc(Cl)c(CSCC(C)CO)n1. The van der Waals surface area contributed by atoms with Gasteiger partial charge in [-0.05, 0) is 30.2 Å². The molecule has 0 aromatic carbocycles. The molecule has 0 radical (unpaired) electrons. The Labute approximate surface area is 118 Å². The summed E-state index contributed by atoms with van der Waals surface area (Å²) < 4.78 is 0. The van der Waals surface area contributed by atoms with Crippen LogP contribution in [-0.4, -0.2) is 29.0 Å². The van der Waals surface area contributed by atoms with Gasteiger partial charge in [0.2, 0.25) is 0 Å². The zero-order chi connectivity index (χ0) is 13.4. The third-order valence-electron chi connectivity index (χ3n) is 2.43. The first-order chi connectivity index (χ1) is 8.67. The predicted octanol–water partition coefficient (Wildman–Crippen LogP) is 3.42. The maximum absolute atomic E-state index is 8.96. The fourth-order valence-electron chi connectivity index (χ4n) is 1.35. The molecule has 1 atom stereocenters. The van der Waals surface area contributed by atoms with Crippen LogP contribution in [0.25, 0.3) is 0 Å². The lowest BCUT2D eigenvalue weighted by Crippen LogP contribution is -2.05. The molecule has 0 aliphatic heterocycles. The average molecular weight is 289 g/mol. The molecule has 2 N–H and O–H groups in total. The lowest BCUT2D eigenvalue weighted by atomic mass is 10.2. The molecule has 0 fully saturated rings. The number of aliphatic hydroxyl groups is 1. The monoisotopic (exact) mass is 288 g/mol. The third-order valence-corrected chi connectivity index (χ3v) is 4.05. The molecule has 0 spiro atoms. The van der Waals surface area contributed by atoms with Crippen molar-refractivity contribution in [3.05, 3.63) is 22.8 Å². The largest absolute Gasteiger partial charge is 0.396 e. The van der Waals surface area contributed by atoms with E-state index in [9.17, 15) is 0 Å². The topological polar surface area (TPSA) is 45.1 Å². The molecule has 102 valence electrons.